The molecule has 6 heteroatoms. The normalized spacial score (nSPS) is 28.3. The third kappa shape index (κ3) is 2.17. The van der Waals surface area contributed by atoms with Crippen LogP contribution in [0.2, 0.25) is 5.02 Å². The Morgan fingerprint density at radius 2 is 2.29 bits per heavy atom. The SMILES string of the molecule is O=c1[nH]cnc(NC2CCOC2C2CC2)c1Cl. The van der Waals surface area contributed by atoms with E-state index in [1.165, 1.54) is 19.2 Å². The van der Waals surface area contributed by atoms with Crippen molar-refractivity contribution < 1.29 is 4.74 Å². The van der Waals surface area contributed by atoms with E-state index < -0.39 is 0 Å². The van der Waals surface area contributed by atoms with Crippen LogP contribution in [0.3, 0.4) is 0 Å². The van der Waals surface area contributed by atoms with Crippen LogP contribution in [0.4, 0.5) is 5.82 Å². The largest absolute Gasteiger partial charge is 0.376 e. The molecule has 0 amide bonds. The molecule has 1 saturated heterocycles. The molecule has 2 unspecified atom stereocenters. The van der Waals surface area contributed by atoms with E-state index in [1.807, 2.05) is 0 Å². The molecule has 2 N–H and O–H groups in total. The Labute approximate surface area is 104 Å². The van der Waals surface area contributed by atoms with Crippen LogP contribution >= 0.6 is 11.6 Å². The lowest BCUT2D eigenvalue weighted by Crippen LogP contribution is -2.32. The van der Waals surface area contributed by atoms with Gasteiger partial charge in [-0.15, -0.1) is 0 Å². The van der Waals surface area contributed by atoms with Crippen LogP contribution < -0.4 is 10.9 Å². The first-order chi connectivity index (χ1) is 8.25. The van der Waals surface area contributed by atoms with Crippen LogP contribution in [0.1, 0.15) is 19.3 Å². The van der Waals surface area contributed by atoms with E-state index in [1.54, 1.807) is 0 Å². The highest BCUT2D eigenvalue weighted by molar-refractivity contribution is 6.32. The van der Waals surface area contributed by atoms with Crippen LogP contribution in [0, 0.1) is 5.92 Å². The third-order valence-corrected chi connectivity index (χ3v) is 3.69. The molecule has 0 bridgehead atoms. The monoisotopic (exact) mass is 255 g/mol. The average molecular weight is 256 g/mol. The Balaban J connectivity index is 1.77. The van der Waals surface area contributed by atoms with Crippen LogP contribution in [0.5, 0.6) is 0 Å². The van der Waals surface area contributed by atoms with Gasteiger partial charge in [-0.25, -0.2) is 4.98 Å². The predicted octanol–water partition coefficient (Wildman–Crippen LogP) is 1.40. The second-order valence-corrected chi connectivity index (χ2v) is 4.98. The van der Waals surface area contributed by atoms with E-state index in [-0.39, 0.29) is 22.7 Å². The van der Waals surface area contributed by atoms with Crippen molar-refractivity contribution in [3.8, 4) is 0 Å². The molecule has 1 aromatic heterocycles. The first kappa shape index (κ1) is 11.0. The number of hydrogen-bond donors (Lipinski definition) is 2. The number of aromatic nitrogens is 2. The minimum Gasteiger partial charge on any atom is -0.376 e. The van der Waals surface area contributed by atoms with Gasteiger partial charge in [-0.1, -0.05) is 11.6 Å². The lowest BCUT2D eigenvalue weighted by molar-refractivity contribution is 0.0898. The summed E-state index contributed by atoms with van der Waals surface area (Å²) in [5, 5.41) is 3.35. The maximum atomic E-state index is 11.3. The summed E-state index contributed by atoms with van der Waals surface area (Å²) in [7, 11) is 0. The maximum Gasteiger partial charge on any atom is 0.271 e. The standard InChI is InChI=1S/C11H14ClN3O2/c12-8-10(13-5-14-11(8)16)15-7-3-4-17-9(7)6-1-2-6/h5-7,9H,1-4H2,(H2,13,14,15,16). The topological polar surface area (TPSA) is 67.0 Å². The Bertz CT molecular complexity index is 472. The molecule has 0 radical (unpaired) electrons. The van der Waals surface area contributed by atoms with Crippen molar-refractivity contribution in [3.63, 3.8) is 0 Å². The Morgan fingerprint density at radius 3 is 3.06 bits per heavy atom. The number of nitrogens with zero attached hydrogens (tertiary/aromatic N) is 1. The predicted molar refractivity (Wildman–Crippen MR) is 64.4 cm³/mol. The van der Waals surface area contributed by atoms with Crippen LogP contribution in [-0.4, -0.2) is 28.7 Å². The first-order valence-corrected chi connectivity index (χ1v) is 6.25. The average Bonchev–Trinajstić information content (AvgIpc) is 3.06. The van der Waals surface area contributed by atoms with E-state index in [0.717, 1.165) is 13.0 Å². The molecule has 2 fully saturated rings. The van der Waals surface area contributed by atoms with Gasteiger partial charge in [0.25, 0.3) is 5.56 Å². The molecular formula is C11H14ClN3O2. The highest BCUT2D eigenvalue weighted by Crippen LogP contribution is 2.39. The van der Waals surface area contributed by atoms with Gasteiger partial charge < -0.3 is 15.0 Å². The summed E-state index contributed by atoms with van der Waals surface area (Å²) in [6.45, 7) is 0.764. The molecule has 3 rings (SSSR count). The minimum absolute atomic E-state index is 0.119. The molecule has 1 aromatic rings. The van der Waals surface area contributed by atoms with E-state index in [4.69, 9.17) is 16.3 Å². The summed E-state index contributed by atoms with van der Waals surface area (Å²) in [4.78, 5) is 17.8. The van der Waals surface area contributed by atoms with Gasteiger partial charge in [-0.3, -0.25) is 4.79 Å². The van der Waals surface area contributed by atoms with E-state index in [0.29, 0.717) is 11.7 Å². The summed E-state index contributed by atoms with van der Waals surface area (Å²) >= 11 is 5.91. The number of nitrogens with one attached hydrogen (secondary N) is 2. The quantitative estimate of drug-likeness (QED) is 0.857. The molecule has 1 saturated carbocycles. The fourth-order valence-corrected chi connectivity index (χ4v) is 2.47. The summed E-state index contributed by atoms with van der Waals surface area (Å²) in [6, 6.07) is 0.217. The van der Waals surface area contributed by atoms with Gasteiger partial charge in [0.2, 0.25) is 0 Å². The zero-order chi connectivity index (χ0) is 11.8. The van der Waals surface area contributed by atoms with Crippen molar-refractivity contribution in [3.05, 3.63) is 21.7 Å². The molecule has 2 aliphatic rings. The van der Waals surface area contributed by atoms with E-state index in [9.17, 15) is 4.79 Å². The summed E-state index contributed by atoms with van der Waals surface area (Å²) in [5.41, 5.74) is -0.314. The third-order valence-electron chi connectivity index (χ3n) is 3.34. The molecule has 1 aliphatic carbocycles. The van der Waals surface area contributed by atoms with E-state index in [2.05, 4.69) is 15.3 Å². The number of rotatable bonds is 3. The fraction of sp³-hybridized carbons (Fsp3) is 0.636. The van der Waals surface area contributed by atoms with Gasteiger partial charge in [0.05, 0.1) is 18.5 Å². The van der Waals surface area contributed by atoms with Crippen LogP contribution in [-0.2, 0) is 4.74 Å². The number of ether oxygens (including phenoxy) is 1. The van der Waals surface area contributed by atoms with Gasteiger partial charge in [0.15, 0.2) is 5.82 Å². The zero-order valence-corrected chi connectivity index (χ0v) is 10.0. The summed E-state index contributed by atoms with van der Waals surface area (Å²) < 4.78 is 5.71. The lowest BCUT2D eigenvalue weighted by atomic mass is 10.1. The smallest absolute Gasteiger partial charge is 0.271 e. The van der Waals surface area contributed by atoms with Crippen molar-refractivity contribution in [1.29, 1.82) is 0 Å². The molecule has 2 heterocycles. The van der Waals surface area contributed by atoms with Crippen molar-refractivity contribution in [1.82, 2.24) is 9.97 Å². The molecule has 92 valence electrons. The zero-order valence-electron chi connectivity index (χ0n) is 9.28. The number of halogens is 1. The molecule has 0 aromatic carbocycles. The summed E-state index contributed by atoms with van der Waals surface area (Å²) in [6.07, 6.45) is 5.01. The van der Waals surface area contributed by atoms with Crippen molar-refractivity contribution in [2.75, 3.05) is 11.9 Å². The number of hydrogen-bond acceptors (Lipinski definition) is 4. The molecule has 5 nitrogen and oxygen atoms in total. The maximum absolute atomic E-state index is 11.3. The highest BCUT2D eigenvalue weighted by atomic mass is 35.5. The molecule has 0 spiro atoms. The second kappa shape index (κ2) is 4.31. The van der Waals surface area contributed by atoms with Gasteiger partial charge in [-0.05, 0) is 25.2 Å². The second-order valence-electron chi connectivity index (χ2n) is 4.61. The van der Waals surface area contributed by atoms with Gasteiger partial charge in [0, 0.05) is 6.61 Å². The van der Waals surface area contributed by atoms with Crippen LogP contribution in [0.15, 0.2) is 11.1 Å². The fourth-order valence-electron chi connectivity index (χ4n) is 2.31. The molecular weight excluding hydrogens is 242 g/mol. The lowest BCUT2D eigenvalue weighted by Gasteiger charge is -2.20. The number of aromatic amines is 1. The highest BCUT2D eigenvalue weighted by Gasteiger charge is 2.40. The van der Waals surface area contributed by atoms with Crippen molar-refractivity contribution >= 4 is 17.4 Å². The number of H-pyrrole nitrogens is 1. The Kier molecular flexibility index (Phi) is 2.80. The summed E-state index contributed by atoms with van der Waals surface area (Å²) in [5.74, 6) is 1.12. The Hall–Kier alpha value is -1.07. The van der Waals surface area contributed by atoms with Gasteiger partial charge >= 0.3 is 0 Å². The molecule has 1 aliphatic heterocycles. The minimum atomic E-state index is -0.314. The van der Waals surface area contributed by atoms with Gasteiger partial charge in [-0.2, -0.15) is 0 Å². The molecule has 2 atom stereocenters. The van der Waals surface area contributed by atoms with E-state index >= 15 is 0 Å². The number of anilines is 1. The first-order valence-electron chi connectivity index (χ1n) is 5.87. The van der Waals surface area contributed by atoms with Gasteiger partial charge in [0.1, 0.15) is 5.02 Å². The van der Waals surface area contributed by atoms with Crippen LogP contribution in [0.25, 0.3) is 0 Å². The Morgan fingerprint density at radius 1 is 1.47 bits per heavy atom. The molecule has 17 heavy (non-hydrogen) atoms. The van der Waals surface area contributed by atoms with Crippen molar-refractivity contribution in [2.45, 2.75) is 31.4 Å². The van der Waals surface area contributed by atoms with Crippen molar-refractivity contribution in [2.24, 2.45) is 5.92 Å².